The maximum atomic E-state index is 13.8. The highest BCUT2D eigenvalue weighted by atomic mass is 35.6. The maximum absolute atomic E-state index is 13.8. The molecule has 2 unspecified atom stereocenters. The van der Waals surface area contributed by atoms with Crippen LogP contribution in [0.3, 0.4) is 0 Å². The van der Waals surface area contributed by atoms with Crippen LogP contribution in [0.15, 0.2) is 18.2 Å². The Labute approximate surface area is 182 Å². The first-order chi connectivity index (χ1) is 12.3. The SMILES string of the molecule is CCOC(=O)C1N(Cl)N(c2ccc(Cl)cc2Cl)C(C(Cl)(Cl)Cl)N1C(F)(F)F. The van der Waals surface area contributed by atoms with E-state index in [0.717, 1.165) is 5.01 Å². The summed E-state index contributed by atoms with van der Waals surface area (Å²) in [6.45, 7) is 1.23. The lowest BCUT2D eigenvalue weighted by Crippen LogP contribution is -2.56. The van der Waals surface area contributed by atoms with E-state index in [-0.39, 0.29) is 27.2 Å². The molecule has 0 spiro atoms. The standard InChI is InChI=1S/C13H10Cl6F3N3O2/c1-2-27-10(26)9-23(13(20,21)22)11(12(16,17)18)24(25(9)19)8-4-3-6(14)5-7(8)15/h3-5,9,11H,2H2,1H3. The molecule has 1 saturated heterocycles. The van der Waals surface area contributed by atoms with E-state index in [2.05, 4.69) is 0 Å². The summed E-state index contributed by atoms with van der Waals surface area (Å²) in [4.78, 5) is 11.9. The summed E-state index contributed by atoms with van der Waals surface area (Å²) in [6.07, 6.45) is -9.36. The van der Waals surface area contributed by atoms with Gasteiger partial charge in [-0.05, 0) is 25.1 Å². The van der Waals surface area contributed by atoms with Crippen LogP contribution < -0.4 is 5.01 Å². The highest BCUT2D eigenvalue weighted by Crippen LogP contribution is 2.49. The third-order valence-electron chi connectivity index (χ3n) is 3.41. The van der Waals surface area contributed by atoms with Crippen molar-refractivity contribution in [2.75, 3.05) is 11.6 Å². The fourth-order valence-corrected chi connectivity index (χ4v) is 3.89. The van der Waals surface area contributed by atoms with Gasteiger partial charge in [0.25, 0.3) is 0 Å². The van der Waals surface area contributed by atoms with Crippen LogP contribution in [0.25, 0.3) is 0 Å². The summed E-state index contributed by atoms with van der Waals surface area (Å²) < 4.78 is 43.9. The topological polar surface area (TPSA) is 36.0 Å². The van der Waals surface area contributed by atoms with Crippen molar-refractivity contribution in [2.24, 2.45) is 0 Å². The monoisotopic (exact) mass is 507 g/mol. The van der Waals surface area contributed by atoms with Gasteiger partial charge in [0.2, 0.25) is 9.96 Å². The summed E-state index contributed by atoms with van der Waals surface area (Å²) in [5.41, 5.74) is -0.0755. The average molecular weight is 510 g/mol. The van der Waals surface area contributed by atoms with Gasteiger partial charge < -0.3 is 4.74 Å². The van der Waals surface area contributed by atoms with Gasteiger partial charge in [0.15, 0.2) is 6.17 Å². The molecule has 2 atom stereocenters. The quantitative estimate of drug-likeness (QED) is 0.230. The van der Waals surface area contributed by atoms with Gasteiger partial charge in [0, 0.05) is 16.8 Å². The van der Waals surface area contributed by atoms with E-state index in [1.807, 2.05) is 0 Å². The number of benzene rings is 1. The number of rotatable bonds is 3. The van der Waals surface area contributed by atoms with E-state index in [9.17, 15) is 18.0 Å². The Balaban J connectivity index is 2.68. The van der Waals surface area contributed by atoms with Crippen LogP contribution in [0.2, 0.25) is 10.0 Å². The Morgan fingerprint density at radius 3 is 2.26 bits per heavy atom. The van der Waals surface area contributed by atoms with Crippen LogP contribution in [-0.4, -0.2) is 44.4 Å². The molecular weight excluding hydrogens is 500 g/mol. The fraction of sp³-hybridized carbons (Fsp3) is 0.462. The van der Waals surface area contributed by atoms with Gasteiger partial charge in [-0.3, -0.25) is 5.01 Å². The second-order valence-electron chi connectivity index (χ2n) is 5.15. The predicted molar refractivity (Wildman–Crippen MR) is 99.0 cm³/mol. The lowest BCUT2D eigenvalue weighted by molar-refractivity contribution is -0.265. The van der Waals surface area contributed by atoms with Crippen LogP contribution in [0.1, 0.15) is 6.92 Å². The number of carbonyl (C=O) groups excluding carboxylic acids is 1. The number of anilines is 1. The molecule has 1 aromatic carbocycles. The molecule has 1 aromatic rings. The number of halogens is 9. The molecule has 2 rings (SSSR count). The fourth-order valence-electron chi connectivity index (χ4n) is 2.47. The van der Waals surface area contributed by atoms with Crippen molar-refractivity contribution in [2.45, 2.75) is 29.3 Å². The van der Waals surface area contributed by atoms with E-state index in [0.29, 0.717) is 4.53 Å². The van der Waals surface area contributed by atoms with Crippen molar-refractivity contribution in [3.8, 4) is 0 Å². The molecule has 0 aromatic heterocycles. The minimum Gasteiger partial charge on any atom is -0.464 e. The highest BCUT2D eigenvalue weighted by molar-refractivity contribution is 6.68. The largest absolute Gasteiger partial charge is 0.464 e. The first-order valence-corrected chi connectivity index (χ1v) is 9.31. The summed E-state index contributed by atoms with van der Waals surface area (Å²) in [5.74, 6) is -1.29. The molecule has 1 heterocycles. The number of esters is 1. The second-order valence-corrected chi connectivity index (χ2v) is 8.70. The molecular formula is C13H10Cl6F3N3O2. The third kappa shape index (κ3) is 4.75. The Morgan fingerprint density at radius 1 is 1.22 bits per heavy atom. The number of hydrazine groups is 1. The molecule has 5 nitrogen and oxygen atoms in total. The molecule has 1 fully saturated rings. The van der Waals surface area contributed by atoms with Crippen LogP contribution in [0.4, 0.5) is 18.9 Å². The Bertz CT molecular complexity index is 718. The second kappa shape index (κ2) is 8.36. The minimum atomic E-state index is -5.12. The van der Waals surface area contributed by atoms with Crippen molar-refractivity contribution in [3.05, 3.63) is 28.2 Å². The highest BCUT2D eigenvalue weighted by Gasteiger charge is 2.65. The van der Waals surface area contributed by atoms with Crippen LogP contribution >= 0.6 is 69.8 Å². The zero-order valence-corrected chi connectivity index (χ0v) is 17.7. The first kappa shape index (κ1) is 23.2. The van der Waals surface area contributed by atoms with Crippen LogP contribution in [0.5, 0.6) is 0 Å². The van der Waals surface area contributed by atoms with Gasteiger partial charge in [0.1, 0.15) is 0 Å². The molecule has 1 aliphatic rings. The van der Waals surface area contributed by atoms with Gasteiger partial charge >= 0.3 is 12.3 Å². The number of ether oxygens (including phenoxy) is 1. The van der Waals surface area contributed by atoms with Crippen molar-refractivity contribution in [1.29, 1.82) is 0 Å². The smallest absolute Gasteiger partial charge is 0.463 e. The third-order valence-corrected chi connectivity index (χ3v) is 4.88. The maximum Gasteiger partial charge on any atom is 0.463 e. The van der Waals surface area contributed by atoms with Crippen LogP contribution in [0, 0.1) is 0 Å². The molecule has 1 aliphatic heterocycles. The molecule has 0 amide bonds. The lowest BCUT2D eigenvalue weighted by Gasteiger charge is -2.36. The number of alkyl halides is 6. The van der Waals surface area contributed by atoms with Crippen molar-refractivity contribution in [1.82, 2.24) is 9.43 Å². The Hall–Kier alpha value is -0.0600. The molecule has 0 N–H and O–H groups in total. The van der Waals surface area contributed by atoms with E-state index in [1.54, 1.807) is 0 Å². The number of hydrogen-bond acceptors (Lipinski definition) is 5. The van der Waals surface area contributed by atoms with Gasteiger partial charge in [-0.2, -0.15) is 18.1 Å². The first-order valence-electron chi connectivity index (χ1n) is 7.08. The molecule has 0 bridgehead atoms. The van der Waals surface area contributed by atoms with Crippen molar-refractivity contribution in [3.63, 3.8) is 0 Å². The van der Waals surface area contributed by atoms with Crippen LogP contribution in [-0.2, 0) is 9.53 Å². The Kier molecular flexibility index (Phi) is 7.19. The molecule has 152 valence electrons. The zero-order valence-electron chi connectivity index (χ0n) is 13.2. The van der Waals surface area contributed by atoms with Gasteiger partial charge in [0.05, 0.1) is 17.3 Å². The molecule has 14 heteroatoms. The van der Waals surface area contributed by atoms with E-state index >= 15 is 0 Å². The minimum absolute atomic E-state index is 0.0755. The number of hydrogen-bond donors (Lipinski definition) is 0. The van der Waals surface area contributed by atoms with E-state index in [4.69, 9.17) is 74.5 Å². The summed E-state index contributed by atoms with van der Waals surface area (Å²) in [5, 5.41) is 0.866. The van der Waals surface area contributed by atoms with Gasteiger partial charge in [-0.25, -0.2) is 4.79 Å². The lowest BCUT2D eigenvalue weighted by atomic mass is 10.3. The predicted octanol–water partition coefficient (Wildman–Crippen LogP) is 5.59. The normalized spacial score (nSPS) is 22.4. The summed E-state index contributed by atoms with van der Waals surface area (Å²) in [7, 11) is 0. The number of carbonyl (C=O) groups is 1. The molecule has 0 radical (unpaired) electrons. The van der Waals surface area contributed by atoms with Gasteiger partial charge in [-0.1, -0.05) is 58.0 Å². The summed E-state index contributed by atoms with van der Waals surface area (Å²) >= 11 is 35.4. The molecule has 0 aliphatic carbocycles. The Morgan fingerprint density at radius 2 is 1.81 bits per heavy atom. The van der Waals surface area contributed by atoms with Crippen molar-refractivity contribution >= 4 is 81.4 Å². The van der Waals surface area contributed by atoms with Gasteiger partial charge in [-0.15, -0.1) is 4.53 Å². The summed E-state index contributed by atoms with van der Waals surface area (Å²) in [6, 6.07) is 3.87. The molecule has 0 saturated carbocycles. The van der Waals surface area contributed by atoms with E-state index in [1.165, 1.54) is 25.1 Å². The zero-order chi connectivity index (χ0) is 20.7. The number of nitrogens with zero attached hydrogens (tertiary/aromatic N) is 3. The van der Waals surface area contributed by atoms with E-state index < -0.39 is 28.4 Å². The van der Waals surface area contributed by atoms with Crippen molar-refractivity contribution < 1.29 is 22.7 Å². The average Bonchev–Trinajstić information content (AvgIpc) is 2.81. The molecule has 27 heavy (non-hydrogen) atoms.